The average Bonchev–Trinajstić information content (AvgIpc) is 2.47. The van der Waals surface area contributed by atoms with E-state index < -0.39 is 11.7 Å². The van der Waals surface area contributed by atoms with Gasteiger partial charge < -0.3 is 0 Å². The van der Waals surface area contributed by atoms with E-state index in [0.29, 0.717) is 9.92 Å². The van der Waals surface area contributed by atoms with E-state index in [-0.39, 0.29) is 0 Å². The van der Waals surface area contributed by atoms with E-state index in [1.54, 1.807) is 6.07 Å². The minimum absolute atomic E-state index is 0.525. The average molecular weight is 319 g/mol. The number of fused-ring (bicyclic) bond motifs is 1. The third kappa shape index (κ3) is 3.09. The van der Waals surface area contributed by atoms with E-state index in [4.69, 9.17) is 0 Å². The maximum atomic E-state index is 12.8. The topological polar surface area (TPSA) is 12.9 Å². The Morgan fingerprint density at radius 3 is 2.50 bits per heavy atom. The fraction of sp³-hybridized carbons (Fsp3) is 0.118. The normalized spacial score (nSPS) is 11.8. The molecule has 0 aliphatic carbocycles. The molecule has 0 fully saturated rings. The van der Waals surface area contributed by atoms with Crippen molar-refractivity contribution in [2.75, 3.05) is 0 Å². The van der Waals surface area contributed by atoms with Crippen molar-refractivity contribution < 1.29 is 13.2 Å². The van der Waals surface area contributed by atoms with Crippen LogP contribution in [0.4, 0.5) is 13.2 Å². The second-order valence-corrected chi connectivity index (χ2v) is 6.02. The quantitative estimate of drug-likeness (QED) is 0.600. The predicted octanol–water partition coefficient (Wildman–Crippen LogP) is 5.71. The summed E-state index contributed by atoms with van der Waals surface area (Å²) in [5.74, 6) is 0. The molecule has 2 aromatic carbocycles. The Morgan fingerprint density at radius 1 is 0.955 bits per heavy atom. The van der Waals surface area contributed by atoms with Crippen LogP contribution in [0.3, 0.4) is 0 Å². The van der Waals surface area contributed by atoms with Crippen molar-refractivity contribution in [1.82, 2.24) is 4.98 Å². The molecule has 5 heteroatoms. The summed E-state index contributed by atoms with van der Waals surface area (Å²) in [4.78, 5) is 5.03. The Balaban J connectivity index is 1.97. The van der Waals surface area contributed by atoms with Gasteiger partial charge in [0.2, 0.25) is 0 Å². The summed E-state index contributed by atoms with van der Waals surface area (Å²) < 4.78 is 38.3. The molecule has 1 heterocycles. The van der Waals surface area contributed by atoms with Gasteiger partial charge in [-0.2, -0.15) is 13.2 Å². The summed E-state index contributed by atoms with van der Waals surface area (Å²) in [7, 11) is 0. The maximum absolute atomic E-state index is 12.8. The van der Waals surface area contributed by atoms with E-state index in [2.05, 4.69) is 4.98 Å². The highest BCUT2D eigenvalue weighted by Crippen LogP contribution is 2.34. The van der Waals surface area contributed by atoms with Gasteiger partial charge in [0.1, 0.15) is 5.03 Å². The summed E-state index contributed by atoms with van der Waals surface area (Å²) in [5.41, 5.74) is 1.26. The Morgan fingerprint density at radius 2 is 1.73 bits per heavy atom. The first-order valence-corrected chi connectivity index (χ1v) is 7.46. The second kappa shape index (κ2) is 5.65. The number of hydrogen-bond acceptors (Lipinski definition) is 2. The molecule has 0 N–H and O–H groups in total. The first-order chi connectivity index (χ1) is 10.4. The number of alkyl halides is 3. The van der Waals surface area contributed by atoms with Gasteiger partial charge in [0.05, 0.1) is 11.1 Å². The van der Waals surface area contributed by atoms with Crippen molar-refractivity contribution in [1.29, 1.82) is 0 Å². The zero-order chi connectivity index (χ0) is 15.7. The van der Waals surface area contributed by atoms with Crippen molar-refractivity contribution in [3.8, 4) is 0 Å². The molecule has 1 aromatic heterocycles. The number of nitrogens with zero attached hydrogens (tertiary/aromatic N) is 1. The molecule has 3 rings (SSSR count). The lowest BCUT2D eigenvalue weighted by molar-refractivity contribution is -0.137. The Hall–Kier alpha value is -2.01. The van der Waals surface area contributed by atoms with Gasteiger partial charge in [-0.15, -0.1) is 0 Å². The highest BCUT2D eigenvalue weighted by molar-refractivity contribution is 7.99. The summed E-state index contributed by atoms with van der Waals surface area (Å²) in [6, 6.07) is 14.9. The standard InChI is InChI=1S/C17H12F3NS/c1-11-9-16(21-15-8-3-2-7-14(11)15)22-13-6-4-5-12(10-13)17(18,19)20/h2-10H,1H3. The minimum Gasteiger partial charge on any atom is -0.241 e. The number of hydrogen-bond donors (Lipinski definition) is 0. The highest BCUT2D eigenvalue weighted by atomic mass is 32.2. The maximum Gasteiger partial charge on any atom is 0.416 e. The van der Waals surface area contributed by atoms with Crippen LogP contribution in [0.2, 0.25) is 0 Å². The lowest BCUT2D eigenvalue weighted by Crippen LogP contribution is -2.04. The molecular formula is C17H12F3NS. The monoisotopic (exact) mass is 319 g/mol. The number of pyridine rings is 1. The number of aromatic nitrogens is 1. The molecular weight excluding hydrogens is 307 g/mol. The molecule has 0 amide bonds. The van der Waals surface area contributed by atoms with Gasteiger partial charge in [-0.05, 0) is 42.8 Å². The fourth-order valence-corrected chi connectivity index (χ4v) is 3.18. The van der Waals surface area contributed by atoms with E-state index in [1.165, 1.54) is 17.8 Å². The van der Waals surface area contributed by atoms with Gasteiger partial charge >= 0.3 is 6.18 Å². The van der Waals surface area contributed by atoms with E-state index in [9.17, 15) is 13.2 Å². The van der Waals surface area contributed by atoms with Crippen molar-refractivity contribution in [3.05, 3.63) is 65.7 Å². The zero-order valence-corrected chi connectivity index (χ0v) is 12.5. The molecule has 112 valence electrons. The van der Waals surface area contributed by atoms with Crippen molar-refractivity contribution >= 4 is 22.7 Å². The van der Waals surface area contributed by atoms with Gasteiger partial charge in [0.25, 0.3) is 0 Å². The largest absolute Gasteiger partial charge is 0.416 e. The minimum atomic E-state index is -4.33. The van der Waals surface area contributed by atoms with Gasteiger partial charge in [0, 0.05) is 10.3 Å². The summed E-state index contributed by atoms with van der Waals surface area (Å²) >= 11 is 1.24. The predicted molar refractivity (Wildman–Crippen MR) is 82.0 cm³/mol. The van der Waals surface area contributed by atoms with Crippen LogP contribution in [0.15, 0.2) is 64.5 Å². The Kier molecular flexibility index (Phi) is 3.83. The van der Waals surface area contributed by atoms with E-state index in [1.807, 2.05) is 37.3 Å². The molecule has 0 bridgehead atoms. The molecule has 0 aliphatic heterocycles. The Labute approximate surface area is 130 Å². The van der Waals surface area contributed by atoms with Gasteiger partial charge in [0.15, 0.2) is 0 Å². The van der Waals surface area contributed by atoms with Crippen LogP contribution >= 0.6 is 11.8 Å². The molecule has 0 aliphatic rings. The summed E-state index contributed by atoms with van der Waals surface area (Å²) in [6.07, 6.45) is -4.33. The molecule has 0 spiro atoms. The first-order valence-electron chi connectivity index (χ1n) is 6.65. The molecule has 0 radical (unpaired) electrons. The first kappa shape index (κ1) is 14.9. The molecule has 1 nitrogen and oxygen atoms in total. The van der Waals surface area contributed by atoms with Crippen molar-refractivity contribution in [2.24, 2.45) is 0 Å². The summed E-state index contributed by atoms with van der Waals surface area (Å²) in [6.45, 7) is 1.97. The third-order valence-electron chi connectivity index (χ3n) is 3.28. The smallest absolute Gasteiger partial charge is 0.241 e. The molecule has 0 saturated heterocycles. The highest BCUT2D eigenvalue weighted by Gasteiger charge is 2.30. The molecule has 3 aromatic rings. The Bertz CT molecular complexity index is 827. The lowest BCUT2D eigenvalue weighted by atomic mass is 10.1. The third-order valence-corrected chi connectivity index (χ3v) is 4.19. The number of aryl methyl sites for hydroxylation is 1. The molecule has 22 heavy (non-hydrogen) atoms. The van der Waals surface area contributed by atoms with E-state index in [0.717, 1.165) is 28.6 Å². The number of rotatable bonds is 2. The molecule has 0 saturated carbocycles. The SMILES string of the molecule is Cc1cc(Sc2cccc(C(F)(F)F)c2)nc2ccccc12. The van der Waals surface area contributed by atoms with Crippen LogP contribution in [0, 0.1) is 6.92 Å². The molecule has 0 atom stereocenters. The van der Waals surface area contributed by atoms with Gasteiger partial charge in [-0.3, -0.25) is 0 Å². The van der Waals surface area contributed by atoms with Crippen LogP contribution in [0.5, 0.6) is 0 Å². The number of para-hydroxylation sites is 1. The van der Waals surface area contributed by atoms with Crippen LogP contribution in [-0.4, -0.2) is 4.98 Å². The number of halogens is 3. The van der Waals surface area contributed by atoms with Crippen molar-refractivity contribution in [3.63, 3.8) is 0 Å². The second-order valence-electron chi connectivity index (χ2n) is 4.92. The van der Waals surface area contributed by atoms with Gasteiger partial charge in [-0.1, -0.05) is 36.0 Å². The van der Waals surface area contributed by atoms with Crippen molar-refractivity contribution in [2.45, 2.75) is 23.0 Å². The lowest BCUT2D eigenvalue weighted by Gasteiger charge is -2.09. The van der Waals surface area contributed by atoms with E-state index >= 15 is 0 Å². The van der Waals surface area contributed by atoms with Gasteiger partial charge in [-0.25, -0.2) is 4.98 Å². The number of benzene rings is 2. The van der Waals surface area contributed by atoms with Crippen LogP contribution in [0.25, 0.3) is 10.9 Å². The zero-order valence-electron chi connectivity index (χ0n) is 11.7. The van der Waals surface area contributed by atoms with Crippen LogP contribution in [-0.2, 0) is 6.18 Å². The summed E-state index contributed by atoms with van der Waals surface area (Å²) in [5, 5.41) is 1.74. The fourth-order valence-electron chi connectivity index (χ4n) is 2.23. The van der Waals surface area contributed by atoms with Crippen LogP contribution in [0.1, 0.15) is 11.1 Å². The van der Waals surface area contributed by atoms with Crippen LogP contribution < -0.4 is 0 Å². The molecule has 0 unspecified atom stereocenters.